The molecule has 1 spiro atoms. The van der Waals surface area contributed by atoms with E-state index < -0.39 is 17.7 Å². The summed E-state index contributed by atoms with van der Waals surface area (Å²) in [6.07, 6.45) is 15.5. The summed E-state index contributed by atoms with van der Waals surface area (Å²) >= 11 is 0. The quantitative estimate of drug-likeness (QED) is 0.106. The Kier molecular flexibility index (Phi) is 15.7. The molecule has 1 N–H and O–H groups in total. The van der Waals surface area contributed by atoms with Crippen LogP contribution in [0.5, 0.6) is 17.2 Å². The molecule has 3 heterocycles. The molecule has 3 aliphatic heterocycles. The molecule has 1 atom stereocenters. The third-order valence-electron chi connectivity index (χ3n) is 13.5. The van der Waals surface area contributed by atoms with Gasteiger partial charge in [0.1, 0.15) is 23.5 Å². The third kappa shape index (κ3) is 10.1. The van der Waals surface area contributed by atoms with Gasteiger partial charge in [-0.3, -0.25) is 19.2 Å². The van der Waals surface area contributed by atoms with Crippen molar-refractivity contribution in [1.82, 2.24) is 0 Å². The van der Waals surface area contributed by atoms with Crippen molar-refractivity contribution in [2.45, 2.75) is 133 Å². The smallest absolute Gasteiger partial charge is 0.346 e. The highest BCUT2D eigenvalue weighted by Gasteiger charge is 2.55. The van der Waals surface area contributed by atoms with Crippen LogP contribution in [0.4, 0.5) is 0 Å². The average Bonchev–Trinajstić information content (AvgIpc) is 3.59. The zero-order chi connectivity index (χ0) is 47.8. The first-order chi connectivity index (χ1) is 31.6. The lowest BCUT2D eigenvalue weighted by molar-refractivity contribution is -0.167. The summed E-state index contributed by atoms with van der Waals surface area (Å²) in [4.78, 5) is 64.4. The van der Waals surface area contributed by atoms with Gasteiger partial charge in [-0.05, 0) is 72.9 Å². The monoisotopic (exact) mass is 902 g/mol. The third-order valence-corrected chi connectivity index (χ3v) is 13.5. The Morgan fingerprint density at radius 3 is 1.62 bits per heavy atom. The number of ether oxygens (including phenoxy) is 5. The van der Waals surface area contributed by atoms with E-state index >= 15 is 0 Å². The molecule has 5 aliphatic rings. The van der Waals surface area contributed by atoms with Gasteiger partial charge < -0.3 is 28.8 Å². The minimum atomic E-state index is -0.847. The van der Waals surface area contributed by atoms with Crippen LogP contribution >= 0.6 is 0 Å². The number of hydrogen-bond acceptors (Lipinski definition) is 11. The lowest BCUT2D eigenvalue weighted by Gasteiger charge is -2.52. The van der Waals surface area contributed by atoms with Gasteiger partial charge in [0, 0.05) is 76.8 Å². The predicted octanol–water partition coefficient (Wildman–Crippen LogP) is 11.4. The zero-order valence-corrected chi connectivity index (χ0v) is 39.2. The maximum Gasteiger partial charge on any atom is 0.346 e. The Labute approximate surface area is 387 Å². The molecule has 0 amide bonds. The Bertz CT molecular complexity index is 2450. The highest BCUT2D eigenvalue weighted by molar-refractivity contribution is 6.15. The molecule has 350 valence electrons. The SMILES string of the molecule is COC.COc1ccc2c(c1C1CCCCC1)OC1(CC2(C)C)CC(C)(C)c2ccc(-c3ccc(C=O)c(C=O)c3)c(C3CCCCC3)c2O1.O=CO.O=Cc1ccc2c(c1)C(=O)OC2=O. The van der Waals surface area contributed by atoms with E-state index in [2.05, 4.69) is 61.4 Å². The summed E-state index contributed by atoms with van der Waals surface area (Å²) in [5, 5.41) is 6.89. The number of benzene rings is 4. The maximum atomic E-state index is 12.0. The summed E-state index contributed by atoms with van der Waals surface area (Å²) in [5.74, 6) is 1.41. The van der Waals surface area contributed by atoms with Crippen LogP contribution in [0, 0.1) is 0 Å². The molecule has 1 unspecified atom stereocenters. The van der Waals surface area contributed by atoms with E-state index in [1.807, 2.05) is 12.1 Å². The van der Waals surface area contributed by atoms with Gasteiger partial charge in [0.25, 0.3) is 12.3 Å². The lowest BCUT2D eigenvalue weighted by atomic mass is 9.67. The van der Waals surface area contributed by atoms with E-state index in [1.165, 1.54) is 79.0 Å². The molecule has 0 aromatic heterocycles. The van der Waals surface area contributed by atoms with Crippen LogP contribution in [0.25, 0.3) is 11.1 Å². The van der Waals surface area contributed by atoms with Crippen LogP contribution in [-0.4, -0.2) is 69.5 Å². The number of esters is 2. The molecule has 2 saturated carbocycles. The summed E-state index contributed by atoms with van der Waals surface area (Å²) < 4.78 is 29.5. The minimum Gasteiger partial charge on any atom is -0.496 e. The fourth-order valence-electron chi connectivity index (χ4n) is 10.7. The summed E-state index contributed by atoms with van der Waals surface area (Å²) in [7, 11) is 5.03. The Morgan fingerprint density at radius 2 is 1.09 bits per heavy atom. The Hall–Kier alpha value is -6.14. The first kappa shape index (κ1) is 49.3. The van der Waals surface area contributed by atoms with Crippen LogP contribution in [0.2, 0.25) is 0 Å². The molecule has 9 rings (SSSR count). The number of methoxy groups -OCH3 is 2. The molecule has 12 nitrogen and oxygen atoms in total. The Balaban J connectivity index is 0.000000316. The molecular formula is C54H62O12. The van der Waals surface area contributed by atoms with E-state index in [-0.39, 0.29) is 28.4 Å². The average molecular weight is 903 g/mol. The highest BCUT2D eigenvalue weighted by Crippen LogP contribution is 2.59. The van der Waals surface area contributed by atoms with Gasteiger partial charge in [-0.2, -0.15) is 0 Å². The normalized spacial score (nSPS) is 20.0. The predicted molar refractivity (Wildman–Crippen MR) is 250 cm³/mol. The molecule has 66 heavy (non-hydrogen) atoms. The fourth-order valence-corrected chi connectivity index (χ4v) is 10.7. The number of carbonyl (C=O) groups excluding carboxylic acids is 5. The molecule has 2 fully saturated rings. The number of carboxylic acid groups (broad SMARTS) is 1. The van der Waals surface area contributed by atoms with E-state index in [0.29, 0.717) is 34.8 Å². The Morgan fingerprint density at radius 1 is 0.591 bits per heavy atom. The van der Waals surface area contributed by atoms with Gasteiger partial charge in [0.15, 0.2) is 12.6 Å². The summed E-state index contributed by atoms with van der Waals surface area (Å²) in [6.45, 7) is 9.10. The fraction of sp³-hybridized carbons (Fsp3) is 0.444. The van der Waals surface area contributed by atoms with Gasteiger partial charge in [-0.25, -0.2) is 9.59 Å². The lowest BCUT2D eigenvalue weighted by Crippen LogP contribution is -2.56. The van der Waals surface area contributed by atoms with Crippen molar-refractivity contribution in [2.75, 3.05) is 21.3 Å². The first-order valence-electron chi connectivity index (χ1n) is 22.8. The van der Waals surface area contributed by atoms with Crippen LogP contribution < -0.4 is 14.2 Å². The van der Waals surface area contributed by atoms with Crippen molar-refractivity contribution in [3.63, 3.8) is 0 Å². The molecule has 2 aliphatic carbocycles. The standard InChI is InChI=1S/C42H50O5.C9H4O4.C2H6O.CH2O2/c1-40(2)25-42(26-41(3,4)34-20-21-35(45-5)37(39(34)47-42)28-14-10-7-11-15-28)46-38-33(40)19-18-32(36(38)27-12-8-6-9-13-27)29-16-17-30(23-43)31(22-29)24-44;10-4-5-1-2-6-7(3-5)9(12)13-8(6)11;1-3-2;2-1-3/h16-24,27-28H,6-15,25-26H2,1-5H3;1-4H;1-2H3;1H,(H,2,3). The largest absolute Gasteiger partial charge is 0.496 e. The number of carbonyl (C=O) groups is 6. The van der Waals surface area contributed by atoms with E-state index in [1.54, 1.807) is 27.4 Å². The van der Waals surface area contributed by atoms with Crippen LogP contribution in [0.3, 0.4) is 0 Å². The van der Waals surface area contributed by atoms with Crippen molar-refractivity contribution in [3.05, 3.63) is 111 Å². The van der Waals surface area contributed by atoms with Crippen molar-refractivity contribution in [1.29, 1.82) is 0 Å². The highest BCUT2D eigenvalue weighted by atomic mass is 16.7. The van der Waals surface area contributed by atoms with Gasteiger partial charge in [-0.15, -0.1) is 0 Å². The number of cyclic esters (lactones) is 2. The second kappa shape index (κ2) is 21.0. The maximum absolute atomic E-state index is 12.0. The van der Waals surface area contributed by atoms with Crippen LogP contribution in [0.1, 0.15) is 191 Å². The molecule has 0 radical (unpaired) electrons. The van der Waals surface area contributed by atoms with Gasteiger partial charge in [0.2, 0.25) is 0 Å². The molecule has 0 saturated heterocycles. The summed E-state index contributed by atoms with van der Waals surface area (Å²) in [6, 6.07) is 18.7. The van der Waals surface area contributed by atoms with Gasteiger partial charge in [0.05, 0.1) is 18.2 Å². The number of fused-ring (bicyclic) bond motifs is 3. The zero-order valence-electron chi connectivity index (χ0n) is 39.2. The number of aldehydes is 3. The van der Waals surface area contributed by atoms with Crippen molar-refractivity contribution >= 4 is 37.3 Å². The molecular weight excluding hydrogens is 841 g/mol. The molecule has 4 aromatic carbocycles. The second-order valence-electron chi connectivity index (χ2n) is 19.1. The topological polar surface area (TPSA) is 169 Å². The second-order valence-corrected chi connectivity index (χ2v) is 19.1. The van der Waals surface area contributed by atoms with Crippen LogP contribution in [-0.2, 0) is 25.1 Å². The van der Waals surface area contributed by atoms with Crippen molar-refractivity contribution in [2.24, 2.45) is 0 Å². The molecule has 0 bridgehead atoms. The number of rotatable bonds is 7. The molecule has 4 aromatic rings. The van der Waals surface area contributed by atoms with Gasteiger partial charge >= 0.3 is 11.9 Å². The van der Waals surface area contributed by atoms with E-state index in [9.17, 15) is 24.0 Å². The van der Waals surface area contributed by atoms with E-state index in [0.717, 1.165) is 79.5 Å². The van der Waals surface area contributed by atoms with Gasteiger partial charge in [-0.1, -0.05) is 103 Å². The first-order valence-corrected chi connectivity index (χ1v) is 22.8. The minimum absolute atomic E-state index is 0.162. The van der Waals surface area contributed by atoms with E-state index in [4.69, 9.17) is 24.1 Å². The van der Waals surface area contributed by atoms with Crippen molar-refractivity contribution < 1.29 is 57.6 Å². The van der Waals surface area contributed by atoms with Crippen molar-refractivity contribution in [3.8, 4) is 28.4 Å². The van der Waals surface area contributed by atoms with Crippen LogP contribution in [0.15, 0.2) is 60.7 Å². The number of hydrogen-bond donors (Lipinski definition) is 1. The summed E-state index contributed by atoms with van der Waals surface area (Å²) in [5.41, 5.74) is 8.13. The molecule has 12 heteroatoms.